The Kier molecular flexibility index (Phi) is 3.83. The molecule has 6 heteroatoms. The lowest BCUT2D eigenvalue weighted by Gasteiger charge is -2.14. The number of fused-ring (bicyclic) bond motifs is 1. The van der Waals surface area contributed by atoms with Gasteiger partial charge in [-0.2, -0.15) is 13.2 Å². The second-order valence-electron chi connectivity index (χ2n) is 5.54. The van der Waals surface area contributed by atoms with Crippen molar-refractivity contribution < 1.29 is 22.4 Å². The highest BCUT2D eigenvalue weighted by Gasteiger charge is 2.32. The Labute approximate surface area is 130 Å². The highest BCUT2D eigenvalue weighted by atomic mass is 19.4. The lowest BCUT2D eigenvalue weighted by molar-refractivity contribution is -0.137. The maximum atomic E-state index is 13.7. The van der Waals surface area contributed by atoms with Crippen molar-refractivity contribution in [2.75, 3.05) is 0 Å². The highest BCUT2D eigenvalue weighted by molar-refractivity contribution is 5.95. The number of benzene rings is 2. The molecule has 1 amide bonds. The molecule has 0 fully saturated rings. The average Bonchev–Trinajstić information content (AvgIpc) is 2.88. The van der Waals surface area contributed by atoms with Gasteiger partial charge in [0.1, 0.15) is 5.82 Å². The first-order valence-corrected chi connectivity index (χ1v) is 7.09. The van der Waals surface area contributed by atoms with Gasteiger partial charge in [0.2, 0.25) is 0 Å². The molecule has 2 aromatic carbocycles. The molecule has 120 valence electrons. The predicted octanol–water partition coefficient (Wildman–Crippen LogP) is 3.74. The summed E-state index contributed by atoms with van der Waals surface area (Å²) in [7, 11) is 0. The van der Waals surface area contributed by atoms with Gasteiger partial charge in [-0.15, -0.1) is 0 Å². The fourth-order valence-corrected chi connectivity index (χ4v) is 2.80. The molecule has 3 rings (SSSR count). The average molecular weight is 323 g/mol. The van der Waals surface area contributed by atoms with Crippen molar-refractivity contribution in [3.05, 3.63) is 70.5 Å². The molecule has 0 saturated carbocycles. The van der Waals surface area contributed by atoms with Gasteiger partial charge in [-0.25, -0.2) is 4.39 Å². The third-order valence-electron chi connectivity index (χ3n) is 3.92. The number of carbonyl (C=O) groups is 1. The molecule has 1 aliphatic carbocycles. The number of amides is 1. The van der Waals surface area contributed by atoms with Gasteiger partial charge < -0.3 is 5.32 Å². The van der Waals surface area contributed by atoms with Crippen molar-refractivity contribution >= 4 is 5.91 Å². The van der Waals surface area contributed by atoms with Crippen LogP contribution in [-0.4, -0.2) is 11.9 Å². The molecule has 1 N–H and O–H groups in total. The summed E-state index contributed by atoms with van der Waals surface area (Å²) in [6, 6.07) is 9.24. The van der Waals surface area contributed by atoms with Crippen LogP contribution >= 0.6 is 0 Å². The monoisotopic (exact) mass is 323 g/mol. The molecule has 2 aromatic rings. The summed E-state index contributed by atoms with van der Waals surface area (Å²) in [5, 5.41) is 2.62. The SMILES string of the molecule is O=C(NC1Cc2ccccc2C1)c1cc(C(F)(F)F)ccc1F. The molecule has 23 heavy (non-hydrogen) atoms. The Morgan fingerprint density at radius 1 is 1.04 bits per heavy atom. The van der Waals surface area contributed by atoms with Crippen molar-refractivity contribution in [2.45, 2.75) is 25.1 Å². The van der Waals surface area contributed by atoms with Gasteiger partial charge in [0.25, 0.3) is 5.91 Å². The molecule has 1 aliphatic rings. The van der Waals surface area contributed by atoms with Crippen molar-refractivity contribution in [1.82, 2.24) is 5.32 Å². The Hall–Kier alpha value is -2.37. The van der Waals surface area contributed by atoms with Crippen LogP contribution in [0.2, 0.25) is 0 Å². The molecule has 0 saturated heterocycles. The number of hydrogen-bond acceptors (Lipinski definition) is 1. The van der Waals surface area contributed by atoms with E-state index in [1.807, 2.05) is 24.3 Å². The van der Waals surface area contributed by atoms with E-state index >= 15 is 0 Å². The van der Waals surface area contributed by atoms with E-state index in [0.717, 1.165) is 11.1 Å². The molecular formula is C17H13F4NO. The second kappa shape index (κ2) is 5.68. The van der Waals surface area contributed by atoms with E-state index in [-0.39, 0.29) is 6.04 Å². The first kappa shape index (κ1) is 15.5. The fourth-order valence-electron chi connectivity index (χ4n) is 2.80. The molecule has 0 radical (unpaired) electrons. The first-order valence-electron chi connectivity index (χ1n) is 7.09. The van der Waals surface area contributed by atoms with Crippen molar-refractivity contribution in [3.8, 4) is 0 Å². The summed E-state index contributed by atoms with van der Waals surface area (Å²) < 4.78 is 51.8. The minimum Gasteiger partial charge on any atom is -0.349 e. The second-order valence-corrected chi connectivity index (χ2v) is 5.54. The highest BCUT2D eigenvalue weighted by Crippen LogP contribution is 2.30. The van der Waals surface area contributed by atoms with E-state index in [1.165, 1.54) is 0 Å². The Morgan fingerprint density at radius 3 is 2.22 bits per heavy atom. The van der Waals surface area contributed by atoms with Crippen LogP contribution in [0.15, 0.2) is 42.5 Å². The largest absolute Gasteiger partial charge is 0.416 e. The Morgan fingerprint density at radius 2 is 1.65 bits per heavy atom. The van der Waals surface area contributed by atoms with E-state index in [9.17, 15) is 22.4 Å². The first-order chi connectivity index (χ1) is 10.8. The maximum Gasteiger partial charge on any atom is 0.416 e. The zero-order valence-electron chi connectivity index (χ0n) is 12.0. The van der Waals surface area contributed by atoms with Crippen LogP contribution in [-0.2, 0) is 19.0 Å². The standard InChI is InChI=1S/C17H13F4NO/c18-15-6-5-12(17(19,20)21)9-14(15)16(23)22-13-7-10-3-1-2-4-11(10)8-13/h1-6,9,13H,7-8H2,(H,22,23). The van der Waals surface area contributed by atoms with E-state index < -0.39 is 29.0 Å². The molecule has 0 atom stereocenters. The molecule has 0 heterocycles. The third-order valence-corrected chi connectivity index (χ3v) is 3.92. The molecule has 0 unspecified atom stereocenters. The summed E-state index contributed by atoms with van der Waals surface area (Å²) in [5.74, 6) is -1.79. The fraction of sp³-hybridized carbons (Fsp3) is 0.235. The Balaban J connectivity index is 1.77. The van der Waals surface area contributed by atoms with Gasteiger partial charge in [-0.05, 0) is 42.2 Å². The number of halogens is 4. The zero-order chi connectivity index (χ0) is 16.6. The molecular weight excluding hydrogens is 310 g/mol. The molecule has 0 aliphatic heterocycles. The number of nitrogens with one attached hydrogen (secondary N) is 1. The van der Waals surface area contributed by atoms with Gasteiger partial charge >= 0.3 is 6.18 Å². The van der Waals surface area contributed by atoms with Crippen LogP contribution in [0, 0.1) is 5.82 Å². The quantitative estimate of drug-likeness (QED) is 0.838. The Bertz CT molecular complexity index is 729. The van der Waals surface area contributed by atoms with Crippen LogP contribution < -0.4 is 5.32 Å². The summed E-state index contributed by atoms with van der Waals surface area (Å²) >= 11 is 0. The van der Waals surface area contributed by atoms with E-state index in [2.05, 4.69) is 5.32 Å². The van der Waals surface area contributed by atoms with Crippen molar-refractivity contribution in [3.63, 3.8) is 0 Å². The van der Waals surface area contributed by atoms with E-state index in [0.29, 0.717) is 31.0 Å². The van der Waals surface area contributed by atoms with Gasteiger partial charge in [-0.3, -0.25) is 4.79 Å². The topological polar surface area (TPSA) is 29.1 Å². The van der Waals surface area contributed by atoms with Crippen LogP contribution in [0.4, 0.5) is 17.6 Å². The van der Waals surface area contributed by atoms with Crippen molar-refractivity contribution in [2.24, 2.45) is 0 Å². The number of hydrogen-bond donors (Lipinski definition) is 1. The van der Waals surface area contributed by atoms with Crippen LogP contribution in [0.25, 0.3) is 0 Å². The summed E-state index contributed by atoms with van der Waals surface area (Å²) in [5.41, 5.74) is 0.541. The van der Waals surface area contributed by atoms with E-state index in [1.54, 1.807) is 0 Å². The van der Waals surface area contributed by atoms with Gasteiger partial charge in [0.05, 0.1) is 11.1 Å². The van der Waals surface area contributed by atoms with Gasteiger partial charge in [-0.1, -0.05) is 24.3 Å². The minimum atomic E-state index is -4.62. The summed E-state index contributed by atoms with van der Waals surface area (Å²) in [6.07, 6.45) is -3.45. The minimum absolute atomic E-state index is 0.242. The zero-order valence-corrected chi connectivity index (χ0v) is 12.0. The normalized spacial score (nSPS) is 14.6. The molecule has 0 aromatic heterocycles. The van der Waals surface area contributed by atoms with Crippen LogP contribution in [0.1, 0.15) is 27.0 Å². The van der Waals surface area contributed by atoms with E-state index in [4.69, 9.17) is 0 Å². The van der Waals surface area contributed by atoms with Gasteiger partial charge in [0, 0.05) is 6.04 Å². The van der Waals surface area contributed by atoms with Gasteiger partial charge in [0.15, 0.2) is 0 Å². The molecule has 2 nitrogen and oxygen atoms in total. The number of alkyl halides is 3. The molecule has 0 bridgehead atoms. The van der Waals surface area contributed by atoms with Crippen LogP contribution in [0.3, 0.4) is 0 Å². The third kappa shape index (κ3) is 3.21. The lowest BCUT2D eigenvalue weighted by atomic mass is 10.1. The van der Waals surface area contributed by atoms with Crippen molar-refractivity contribution in [1.29, 1.82) is 0 Å². The maximum absolute atomic E-state index is 13.7. The predicted molar refractivity (Wildman–Crippen MR) is 76.5 cm³/mol. The molecule has 0 spiro atoms. The number of rotatable bonds is 2. The lowest BCUT2D eigenvalue weighted by Crippen LogP contribution is -2.36. The summed E-state index contributed by atoms with van der Waals surface area (Å²) in [6.45, 7) is 0. The summed E-state index contributed by atoms with van der Waals surface area (Å²) in [4.78, 5) is 12.1. The smallest absolute Gasteiger partial charge is 0.349 e. The van der Waals surface area contributed by atoms with Crippen LogP contribution in [0.5, 0.6) is 0 Å². The number of carbonyl (C=O) groups excluding carboxylic acids is 1.